The number of benzene rings is 1. The molecule has 2 fully saturated rings. The van der Waals surface area contributed by atoms with Gasteiger partial charge in [0.25, 0.3) is 0 Å². The lowest BCUT2D eigenvalue weighted by Gasteiger charge is -2.19. The van der Waals surface area contributed by atoms with E-state index in [9.17, 15) is 9.59 Å². The Morgan fingerprint density at radius 2 is 2.12 bits per heavy atom. The molecule has 2 aliphatic rings. The Kier molecular flexibility index (Phi) is 5.82. The van der Waals surface area contributed by atoms with Crippen LogP contribution in [0.5, 0.6) is 11.5 Å². The van der Waals surface area contributed by atoms with Crippen LogP contribution in [0.1, 0.15) is 19.3 Å². The fraction of sp³-hybridized carbons (Fsp3) is 0.556. The van der Waals surface area contributed by atoms with Crippen LogP contribution in [-0.2, 0) is 9.53 Å². The van der Waals surface area contributed by atoms with Crippen LogP contribution >= 0.6 is 0 Å². The second-order valence-electron chi connectivity index (χ2n) is 6.43. The molecule has 2 heterocycles. The first-order chi connectivity index (χ1) is 12.6. The molecule has 0 unspecified atom stereocenters. The smallest absolute Gasteiger partial charge is 0.315 e. The van der Waals surface area contributed by atoms with Crippen molar-refractivity contribution in [3.8, 4) is 11.5 Å². The maximum absolute atomic E-state index is 12.3. The summed E-state index contributed by atoms with van der Waals surface area (Å²) in [7, 11) is 3.11. The highest BCUT2D eigenvalue weighted by Crippen LogP contribution is 2.33. The van der Waals surface area contributed by atoms with E-state index in [4.69, 9.17) is 14.2 Å². The molecular weight excluding hydrogens is 338 g/mol. The molecule has 26 heavy (non-hydrogen) atoms. The van der Waals surface area contributed by atoms with E-state index in [2.05, 4.69) is 10.6 Å². The van der Waals surface area contributed by atoms with Crippen LogP contribution in [0.15, 0.2) is 18.2 Å². The predicted molar refractivity (Wildman–Crippen MR) is 95.8 cm³/mol. The largest absolute Gasteiger partial charge is 0.493 e. The molecule has 142 valence electrons. The lowest BCUT2D eigenvalue weighted by atomic mass is 10.2. The number of ether oxygens (including phenoxy) is 3. The number of anilines is 1. The van der Waals surface area contributed by atoms with Crippen molar-refractivity contribution in [3.05, 3.63) is 18.2 Å². The van der Waals surface area contributed by atoms with Gasteiger partial charge in [-0.15, -0.1) is 0 Å². The molecule has 8 nitrogen and oxygen atoms in total. The SMILES string of the molecule is COc1ccc(N2C[C@H](NC(=O)NC[C@H]3CCCO3)CC2=O)cc1OC. The van der Waals surface area contributed by atoms with Gasteiger partial charge in [0.2, 0.25) is 5.91 Å². The van der Waals surface area contributed by atoms with Crippen molar-refractivity contribution < 1.29 is 23.8 Å². The number of nitrogens with one attached hydrogen (secondary N) is 2. The second kappa shape index (κ2) is 8.27. The normalized spacial score (nSPS) is 22.4. The number of amides is 3. The maximum atomic E-state index is 12.3. The number of urea groups is 1. The Hall–Kier alpha value is -2.48. The summed E-state index contributed by atoms with van der Waals surface area (Å²) in [6.07, 6.45) is 2.36. The van der Waals surface area contributed by atoms with Crippen molar-refractivity contribution in [2.24, 2.45) is 0 Å². The molecule has 3 amide bonds. The van der Waals surface area contributed by atoms with E-state index >= 15 is 0 Å². The number of carbonyl (C=O) groups is 2. The molecule has 2 atom stereocenters. The number of hydrogen-bond acceptors (Lipinski definition) is 5. The number of nitrogens with zero attached hydrogens (tertiary/aromatic N) is 1. The molecule has 0 aliphatic carbocycles. The first kappa shape index (κ1) is 18.3. The molecule has 1 aromatic carbocycles. The van der Waals surface area contributed by atoms with E-state index in [1.807, 2.05) is 0 Å². The van der Waals surface area contributed by atoms with E-state index in [-0.39, 0.29) is 30.5 Å². The Morgan fingerprint density at radius 3 is 2.81 bits per heavy atom. The number of rotatable bonds is 6. The summed E-state index contributed by atoms with van der Waals surface area (Å²) in [5.41, 5.74) is 0.719. The van der Waals surface area contributed by atoms with Gasteiger partial charge in [0.1, 0.15) is 0 Å². The van der Waals surface area contributed by atoms with Crippen LogP contribution in [0, 0.1) is 0 Å². The monoisotopic (exact) mass is 363 g/mol. The second-order valence-corrected chi connectivity index (χ2v) is 6.43. The van der Waals surface area contributed by atoms with Crippen molar-refractivity contribution in [1.82, 2.24) is 10.6 Å². The zero-order chi connectivity index (χ0) is 18.5. The minimum Gasteiger partial charge on any atom is -0.493 e. The first-order valence-electron chi connectivity index (χ1n) is 8.79. The molecule has 2 saturated heterocycles. The molecule has 0 radical (unpaired) electrons. The van der Waals surface area contributed by atoms with Crippen molar-refractivity contribution >= 4 is 17.6 Å². The topological polar surface area (TPSA) is 89.1 Å². The Labute approximate surface area is 152 Å². The third kappa shape index (κ3) is 4.19. The maximum Gasteiger partial charge on any atom is 0.315 e. The molecule has 0 aromatic heterocycles. The van der Waals surface area contributed by atoms with Gasteiger partial charge in [0, 0.05) is 37.9 Å². The van der Waals surface area contributed by atoms with Crippen molar-refractivity contribution in [3.63, 3.8) is 0 Å². The van der Waals surface area contributed by atoms with E-state index in [1.165, 1.54) is 0 Å². The Bertz CT molecular complexity index is 660. The minimum absolute atomic E-state index is 0.0401. The summed E-state index contributed by atoms with van der Waals surface area (Å²) < 4.78 is 16.0. The lowest BCUT2D eigenvalue weighted by Crippen LogP contribution is -2.45. The van der Waals surface area contributed by atoms with Crippen LogP contribution in [0.3, 0.4) is 0 Å². The van der Waals surface area contributed by atoms with Gasteiger partial charge in [-0.3, -0.25) is 4.79 Å². The summed E-state index contributed by atoms with van der Waals surface area (Å²) in [4.78, 5) is 26.0. The van der Waals surface area contributed by atoms with Gasteiger partial charge < -0.3 is 29.7 Å². The zero-order valence-electron chi connectivity index (χ0n) is 15.1. The molecule has 0 spiro atoms. The summed E-state index contributed by atoms with van der Waals surface area (Å²) in [5, 5.41) is 5.67. The molecule has 8 heteroatoms. The quantitative estimate of drug-likeness (QED) is 0.795. The average molecular weight is 363 g/mol. The molecule has 1 aromatic rings. The van der Waals surface area contributed by atoms with E-state index < -0.39 is 0 Å². The summed E-state index contributed by atoms with van der Waals surface area (Å²) in [6.45, 7) is 1.67. The minimum atomic E-state index is -0.271. The molecule has 2 N–H and O–H groups in total. The van der Waals surface area contributed by atoms with Gasteiger partial charge in [-0.1, -0.05) is 0 Å². The van der Waals surface area contributed by atoms with E-state index in [1.54, 1.807) is 37.3 Å². The van der Waals surface area contributed by atoms with Crippen LogP contribution in [0.4, 0.5) is 10.5 Å². The van der Waals surface area contributed by atoms with Gasteiger partial charge >= 0.3 is 6.03 Å². The van der Waals surface area contributed by atoms with Gasteiger partial charge in [-0.05, 0) is 25.0 Å². The average Bonchev–Trinajstić information content (AvgIpc) is 3.29. The fourth-order valence-electron chi connectivity index (χ4n) is 3.29. The van der Waals surface area contributed by atoms with Gasteiger partial charge in [-0.25, -0.2) is 4.79 Å². The first-order valence-corrected chi connectivity index (χ1v) is 8.79. The summed E-state index contributed by atoms with van der Waals surface area (Å²) >= 11 is 0. The van der Waals surface area contributed by atoms with Crippen molar-refractivity contribution in [2.75, 3.05) is 38.8 Å². The van der Waals surface area contributed by atoms with Gasteiger partial charge in [0.15, 0.2) is 11.5 Å². The third-order valence-corrected chi connectivity index (χ3v) is 4.65. The number of methoxy groups -OCH3 is 2. The molecular formula is C18H25N3O5. The molecule has 3 rings (SSSR count). The van der Waals surface area contributed by atoms with E-state index in [0.29, 0.717) is 24.6 Å². The molecule has 2 aliphatic heterocycles. The highest BCUT2D eigenvalue weighted by atomic mass is 16.5. The van der Waals surface area contributed by atoms with E-state index in [0.717, 1.165) is 25.1 Å². The Morgan fingerprint density at radius 1 is 1.31 bits per heavy atom. The Balaban J connectivity index is 1.55. The van der Waals surface area contributed by atoms with Crippen LogP contribution in [0.2, 0.25) is 0 Å². The standard InChI is InChI=1S/C18H25N3O5/c1-24-15-6-5-13(9-16(15)25-2)21-11-12(8-17(21)22)20-18(23)19-10-14-4-3-7-26-14/h5-6,9,12,14H,3-4,7-8,10-11H2,1-2H3,(H2,19,20,23)/t12-,14-/m1/s1. The van der Waals surface area contributed by atoms with Crippen LogP contribution < -0.4 is 25.0 Å². The summed E-state index contributed by atoms with van der Waals surface area (Å²) in [5.74, 6) is 1.12. The summed E-state index contributed by atoms with van der Waals surface area (Å²) in [6, 6.07) is 4.82. The fourth-order valence-corrected chi connectivity index (χ4v) is 3.29. The van der Waals surface area contributed by atoms with Crippen molar-refractivity contribution in [2.45, 2.75) is 31.4 Å². The number of carbonyl (C=O) groups excluding carboxylic acids is 2. The zero-order valence-corrected chi connectivity index (χ0v) is 15.1. The molecule has 0 bridgehead atoms. The van der Waals surface area contributed by atoms with Crippen LogP contribution in [0.25, 0.3) is 0 Å². The third-order valence-electron chi connectivity index (χ3n) is 4.65. The van der Waals surface area contributed by atoms with Gasteiger partial charge in [0.05, 0.1) is 26.4 Å². The van der Waals surface area contributed by atoms with Crippen LogP contribution in [-0.4, -0.2) is 58.0 Å². The highest BCUT2D eigenvalue weighted by molar-refractivity contribution is 5.97. The van der Waals surface area contributed by atoms with Crippen molar-refractivity contribution in [1.29, 1.82) is 0 Å². The predicted octanol–water partition coefficient (Wildman–Crippen LogP) is 1.29. The lowest BCUT2D eigenvalue weighted by molar-refractivity contribution is -0.117. The number of hydrogen-bond donors (Lipinski definition) is 2. The van der Waals surface area contributed by atoms with Gasteiger partial charge in [-0.2, -0.15) is 0 Å². The molecule has 0 saturated carbocycles. The highest BCUT2D eigenvalue weighted by Gasteiger charge is 2.32.